The maximum absolute atomic E-state index is 13.1. The van der Waals surface area contributed by atoms with Gasteiger partial charge >= 0.3 is 0 Å². The van der Waals surface area contributed by atoms with Crippen LogP contribution in [0.4, 0.5) is 10.1 Å². The van der Waals surface area contributed by atoms with Crippen molar-refractivity contribution in [2.24, 2.45) is 0 Å². The third-order valence-electron chi connectivity index (χ3n) is 4.24. The summed E-state index contributed by atoms with van der Waals surface area (Å²) in [7, 11) is 0. The maximum Gasteiger partial charge on any atom is 0.267 e. The van der Waals surface area contributed by atoms with Crippen molar-refractivity contribution in [2.45, 2.75) is 25.9 Å². The normalized spacial score (nSPS) is 11.1. The van der Waals surface area contributed by atoms with Gasteiger partial charge in [-0.2, -0.15) is 0 Å². The molecule has 0 aliphatic carbocycles. The first-order valence-electron chi connectivity index (χ1n) is 8.82. The Morgan fingerprint density at radius 3 is 2.26 bits per heavy atom. The van der Waals surface area contributed by atoms with E-state index in [1.165, 1.54) is 29.8 Å². The first kappa shape index (κ1) is 18.6. The van der Waals surface area contributed by atoms with Crippen molar-refractivity contribution in [1.82, 2.24) is 0 Å². The van der Waals surface area contributed by atoms with Gasteiger partial charge in [-0.05, 0) is 61.7 Å². The van der Waals surface area contributed by atoms with Crippen LogP contribution in [0.2, 0.25) is 0 Å². The number of amides is 1. The first-order chi connectivity index (χ1) is 12.9. The summed E-state index contributed by atoms with van der Waals surface area (Å²) in [5.41, 5.74) is 1.83. The average Bonchev–Trinajstić information content (AvgIpc) is 2.66. The van der Waals surface area contributed by atoms with Crippen molar-refractivity contribution in [1.29, 1.82) is 0 Å². The highest BCUT2D eigenvalue weighted by atomic mass is 19.1. The molecule has 0 aromatic heterocycles. The molecule has 4 heteroatoms. The summed E-state index contributed by atoms with van der Waals surface area (Å²) < 4.78 is 18.8. The van der Waals surface area contributed by atoms with Gasteiger partial charge in [-0.1, -0.05) is 48.5 Å². The third-order valence-corrected chi connectivity index (χ3v) is 4.24. The van der Waals surface area contributed by atoms with Crippen molar-refractivity contribution in [3.8, 4) is 5.75 Å². The van der Waals surface area contributed by atoms with Crippen LogP contribution in [-0.2, 0) is 11.2 Å². The lowest BCUT2D eigenvalue weighted by Gasteiger charge is -2.26. The van der Waals surface area contributed by atoms with Crippen molar-refractivity contribution in [3.63, 3.8) is 0 Å². The molecule has 0 spiro atoms. The number of rotatable bonds is 6. The monoisotopic (exact) mass is 363 g/mol. The van der Waals surface area contributed by atoms with Crippen LogP contribution < -0.4 is 10.1 Å². The molecule has 0 heterocycles. The predicted molar refractivity (Wildman–Crippen MR) is 105 cm³/mol. The second-order valence-electron chi connectivity index (χ2n) is 6.84. The molecule has 0 saturated heterocycles. The van der Waals surface area contributed by atoms with Crippen LogP contribution in [0.1, 0.15) is 25.0 Å². The quantitative estimate of drug-likeness (QED) is 0.653. The van der Waals surface area contributed by atoms with E-state index in [9.17, 15) is 9.18 Å². The van der Waals surface area contributed by atoms with E-state index in [4.69, 9.17) is 4.74 Å². The molecule has 1 N–H and O–H groups in total. The van der Waals surface area contributed by atoms with Crippen LogP contribution in [0.15, 0.2) is 78.9 Å². The van der Waals surface area contributed by atoms with Crippen molar-refractivity contribution >= 4 is 11.6 Å². The number of nitrogens with one attached hydrogen (secondary N) is 1. The second kappa shape index (κ2) is 8.04. The fourth-order valence-corrected chi connectivity index (χ4v) is 2.73. The van der Waals surface area contributed by atoms with E-state index in [0.29, 0.717) is 5.75 Å². The highest BCUT2D eigenvalue weighted by Gasteiger charge is 2.30. The lowest BCUT2D eigenvalue weighted by molar-refractivity contribution is -0.128. The summed E-state index contributed by atoms with van der Waals surface area (Å²) in [5.74, 6) is -0.180. The van der Waals surface area contributed by atoms with E-state index >= 15 is 0 Å². The van der Waals surface area contributed by atoms with E-state index < -0.39 is 5.60 Å². The number of carbonyl (C=O) groups is 1. The number of ether oxygens (including phenoxy) is 1. The van der Waals surface area contributed by atoms with Crippen LogP contribution in [-0.4, -0.2) is 11.5 Å². The predicted octanol–water partition coefficient (Wildman–Crippen LogP) is 5.21. The van der Waals surface area contributed by atoms with E-state index in [2.05, 4.69) is 17.4 Å². The SMILES string of the molecule is CC(C)(Oc1ccc(F)cc1)C(=O)Nc1ccccc1Cc1ccccc1. The molecule has 0 radical (unpaired) electrons. The van der Waals surface area contributed by atoms with Crippen LogP contribution in [0.3, 0.4) is 0 Å². The molecule has 27 heavy (non-hydrogen) atoms. The number of hydrogen-bond donors (Lipinski definition) is 1. The molecule has 3 nitrogen and oxygen atoms in total. The first-order valence-corrected chi connectivity index (χ1v) is 8.82. The Labute approximate surface area is 158 Å². The summed E-state index contributed by atoms with van der Waals surface area (Å²) >= 11 is 0. The Morgan fingerprint density at radius 2 is 1.56 bits per heavy atom. The molecule has 0 bridgehead atoms. The maximum atomic E-state index is 13.1. The molecule has 0 atom stereocenters. The second-order valence-corrected chi connectivity index (χ2v) is 6.84. The molecule has 0 aliphatic heterocycles. The van der Waals surface area contributed by atoms with Crippen LogP contribution >= 0.6 is 0 Å². The summed E-state index contributed by atoms with van der Waals surface area (Å²) in [6, 6.07) is 23.4. The molecule has 0 fully saturated rings. The van der Waals surface area contributed by atoms with Crippen molar-refractivity contribution in [3.05, 3.63) is 95.8 Å². The van der Waals surface area contributed by atoms with E-state index in [1.54, 1.807) is 13.8 Å². The number of hydrogen-bond acceptors (Lipinski definition) is 2. The minimum absolute atomic E-state index is 0.271. The van der Waals surface area contributed by atoms with Crippen molar-refractivity contribution in [2.75, 3.05) is 5.32 Å². The van der Waals surface area contributed by atoms with E-state index in [0.717, 1.165) is 17.7 Å². The Morgan fingerprint density at radius 1 is 0.926 bits per heavy atom. The van der Waals surface area contributed by atoms with Gasteiger partial charge in [-0.3, -0.25) is 4.79 Å². The molecule has 0 aliphatic rings. The summed E-state index contributed by atoms with van der Waals surface area (Å²) in [5, 5.41) is 2.96. The number of benzene rings is 3. The molecular weight excluding hydrogens is 341 g/mol. The minimum Gasteiger partial charge on any atom is -0.478 e. The molecule has 3 aromatic carbocycles. The Bertz CT molecular complexity index is 905. The largest absolute Gasteiger partial charge is 0.478 e. The molecular formula is C23H22FNO2. The third kappa shape index (κ3) is 4.94. The Balaban J connectivity index is 1.74. The highest BCUT2D eigenvalue weighted by Crippen LogP contribution is 2.23. The fourth-order valence-electron chi connectivity index (χ4n) is 2.73. The fraction of sp³-hybridized carbons (Fsp3) is 0.174. The van der Waals surface area contributed by atoms with Gasteiger partial charge in [0.15, 0.2) is 5.60 Å². The highest BCUT2D eigenvalue weighted by molar-refractivity contribution is 5.97. The van der Waals surface area contributed by atoms with Gasteiger partial charge in [0.25, 0.3) is 5.91 Å². The lowest BCUT2D eigenvalue weighted by Crippen LogP contribution is -2.42. The van der Waals surface area contributed by atoms with E-state index in [1.807, 2.05) is 42.5 Å². The Kier molecular flexibility index (Phi) is 5.55. The van der Waals surface area contributed by atoms with Gasteiger partial charge in [0.2, 0.25) is 0 Å². The van der Waals surface area contributed by atoms with Gasteiger partial charge in [0.05, 0.1) is 0 Å². The van der Waals surface area contributed by atoms with Crippen LogP contribution in [0.25, 0.3) is 0 Å². The number of carbonyl (C=O) groups excluding carboxylic acids is 1. The number of para-hydroxylation sites is 1. The van der Waals surface area contributed by atoms with Gasteiger partial charge in [-0.15, -0.1) is 0 Å². The number of halogens is 1. The minimum atomic E-state index is -1.11. The Hall–Kier alpha value is -3.14. The molecule has 3 rings (SSSR count). The standard InChI is InChI=1S/C23H22FNO2/c1-23(2,27-20-14-12-19(24)13-15-20)22(26)25-21-11-7-6-10-18(21)16-17-8-4-3-5-9-17/h3-15H,16H2,1-2H3,(H,25,26). The van der Waals surface area contributed by atoms with Crippen LogP contribution in [0, 0.1) is 5.82 Å². The molecule has 138 valence electrons. The molecule has 0 saturated carbocycles. The zero-order valence-electron chi connectivity index (χ0n) is 15.4. The van der Waals surface area contributed by atoms with Gasteiger partial charge in [0, 0.05) is 5.69 Å². The molecule has 0 unspecified atom stereocenters. The lowest BCUT2D eigenvalue weighted by atomic mass is 10.0. The molecule has 3 aromatic rings. The smallest absolute Gasteiger partial charge is 0.267 e. The van der Waals surface area contributed by atoms with Gasteiger partial charge in [0.1, 0.15) is 11.6 Å². The summed E-state index contributed by atoms with van der Waals surface area (Å²) in [6.07, 6.45) is 0.719. The van der Waals surface area contributed by atoms with Crippen LogP contribution in [0.5, 0.6) is 5.75 Å². The van der Waals surface area contributed by atoms with E-state index in [-0.39, 0.29) is 11.7 Å². The summed E-state index contributed by atoms with van der Waals surface area (Å²) in [6.45, 7) is 3.37. The molecule has 1 amide bonds. The number of anilines is 1. The van der Waals surface area contributed by atoms with Gasteiger partial charge in [-0.25, -0.2) is 4.39 Å². The summed E-state index contributed by atoms with van der Waals surface area (Å²) in [4.78, 5) is 12.8. The van der Waals surface area contributed by atoms with Crippen molar-refractivity contribution < 1.29 is 13.9 Å². The van der Waals surface area contributed by atoms with Gasteiger partial charge < -0.3 is 10.1 Å². The zero-order valence-corrected chi connectivity index (χ0v) is 15.4. The average molecular weight is 363 g/mol. The zero-order chi connectivity index (χ0) is 19.3. The topological polar surface area (TPSA) is 38.3 Å².